The molecule has 0 atom stereocenters. The molecule has 1 heteroatoms. The zero-order valence-corrected chi connectivity index (χ0v) is 13.0. The van der Waals surface area contributed by atoms with Gasteiger partial charge >= 0.3 is 0 Å². The molecule has 0 bridgehead atoms. The summed E-state index contributed by atoms with van der Waals surface area (Å²) in [5.74, 6) is 1.15. The molecule has 0 amide bonds. The minimum Gasteiger partial charge on any atom is -0.161 e. The van der Waals surface area contributed by atoms with E-state index in [9.17, 15) is 0 Å². The molecule has 17 heavy (non-hydrogen) atoms. The van der Waals surface area contributed by atoms with Crippen molar-refractivity contribution < 1.29 is 0 Å². The van der Waals surface area contributed by atoms with E-state index < -0.39 is 0 Å². The highest BCUT2D eigenvalue weighted by Crippen LogP contribution is 2.11. The summed E-state index contributed by atoms with van der Waals surface area (Å²) in [6.07, 6.45) is 14.0. The molecule has 0 saturated heterocycles. The van der Waals surface area contributed by atoms with Crippen molar-refractivity contribution in [3.05, 3.63) is 34.9 Å². The van der Waals surface area contributed by atoms with Crippen molar-refractivity contribution in [2.24, 2.45) is 0 Å². The number of hydrogen-bond acceptors (Lipinski definition) is 1. The van der Waals surface area contributed by atoms with Crippen molar-refractivity contribution in [2.75, 3.05) is 12.0 Å². The van der Waals surface area contributed by atoms with Gasteiger partial charge in [-0.15, -0.1) is 0 Å². The van der Waals surface area contributed by atoms with Crippen LogP contribution in [0.2, 0.25) is 0 Å². The molecule has 0 aliphatic rings. The van der Waals surface area contributed by atoms with E-state index in [4.69, 9.17) is 0 Å². The number of allylic oxidation sites excluding steroid dienone is 5. The molecular weight excluding hydrogens is 224 g/mol. The smallest absolute Gasteiger partial charge is 0.0113 e. The van der Waals surface area contributed by atoms with Crippen molar-refractivity contribution in [2.45, 2.75) is 53.4 Å². The van der Waals surface area contributed by atoms with Crippen LogP contribution in [0.4, 0.5) is 0 Å². The number of thioether (sulfide) groups is 1. The van der Waals surface area contributed by atoms with Gasteiger partial charge in [-0.1, -0.05) is 34.9 Å². The summed E-state index contributed by atoms with van der Waals surface area (Å²) in [4.78, 5) is 0. The van der Waals surface area contributed by atoms with Crippen molar-refractivity contribution in [3.63, 3.8) is 0 Å². The van der Waals surface area contributed by atoms with Gasteiger partial charge in [0.05, 0.1) is 0 Å². The Balaban J connectivity index is 3.80. The van der Waals surface area contributed by atoms with E-state index in [0.717, 1.165) is 5.75 Å². The summed E-state index contributed by atoms with van der Waals surface area (Å²) in [6, 6.07) is 0. The molecule has 0 saturated carbocycles. The Kier molecular flexibility index (Phi) is 10.4. The Labute approximate surface area is 112 Å². The first kappa shape index (κ1) is 16.6. The Morgan fingerprint density at radius 3 is 1.88 bits per heavy atom. The van der Waals surface area contributed by atoms with Gasteiger partial charge in [0.1, 0.15) is 0 Å². The molecule has 0 radical (unpaired) electrons. The maximum absolute atomic E-state index is 2.40. The van der Waals surface area contributed by atoms with Crippen molar-refractivity contribution >= 4 is 11.8 Å². The van der Waals surface area contributed by atoms with Gasteiger partial charge in [-0.05, 0) is 59.6 Å². The van der Waals surface area contributed by atoms with Gasteiger partial charge in [0.15, 0.2) is 0 Å². The average Bonchev–Trinajstić information content (AvgIpc) is 2.25. The minimum absolute atomic E-state index is 1.15. The van der Waals surface area contributed by atoms with E-state index in [1.807, 2.05) is 11.8 Å². The highest BCUT2D eigenvalue weighted by atomic mass is 32.2. The highest BCUT2D eigenvalue weighted by molar-refractivity contribution is 7.98. The van der Waals surface area contributed by atoms with E-state index in [-0.39, 0.29) is 0 Å². The summed E-state index contributed by atoms with van der Waals surface area (Å²) in [5.41, 5.74) is 4.47. The lowest BCUT2D eigenvalue weighted by Crippen LogP contribution is -1.81. The van der Waals surface area contributed by atoms with Gasteiger partial charge in [-0.25, -0.2) is 0 Å². The van der Waals surface area contributed by atoms with Crippen LogP contribution in [0.1, 0.15) is 53.4 Å². The van der Waals surface area contributed by atoms with Crippen molar-refractivity contribution in [1.29, 1.82) is 0 Å². The van der Waals surface area contributed by atoms with E-state index >= 15 is 0 Å². The molecule has 0 rings (SSSR count). The molecule has 0 aromatic heterocycles. The van der Waals surface area contributed by atoms with Crippen LogP contribution in [0.25, 0.3) is 0 Å². The fourth-order valence-corrected chi connectivity index (χ4v) is 2.02. The molecule has 0 aromatic rings. The highest BCUT2D eigenvalue weighted by Gasteiger charge is 1.91. The van der Waals surface area contributed by atoms with Crippen LogP contribution in [-0.4, -0.2) is 12.0 Å². The molecule has 0 N–H and O–H groups in total. The molecule has 0 spiro atoms. The lowest BCUT2D eigenvalue weighted by atomic mass is 10.1. The van der Waals surface area contributed by atoms with Crippen LogP contribution in [0.15, 0.2) is 34.9 Å². The van der Waals surface area contributed by atoms with Gasteiger partial charge in [0, 0.05) is 5.75 Å². The lowest BCUT2D eigenvalue weighted by Gasteiger charge is -2.01. The van der Waals surface area contributed by atoms with Crippen LogP contribution in [0.5, 0.6) is 0 Å². The van der Waals surface area contributed by atoms with Crippen molar-refractivity contribution in [3.8, 4) is 0 Å². The summed E-state index contributed by atoms with van der Waals surface area (Å²) in [5, 5.41) is 0. The van der Waals surface area contributed by atoms with Crippen molar-refractivity contribution in [1.82, 2.24) is 0 Å². The molecule has 0 unspecified atom stereocenters. The first-order chi connectivity index (χ1) is 8.06. The third-order valence-electron chi connectivity index (χ3n) is 2.72. The van der Waals surface area contributed by atoms with Crippen LogP contribution < -0.4 is 0 Å². The summed E-state index contributed by atoms with van der Waals surface area (Å²) < 4.78 is 0. The fraction of sp³-hybridized carbons (Fsp3) is 0.625. The minimum atomic E-state index is 1.15. The van der Waals surface area contributed by atoms with Gasteiger partial charge in [-0.2, -0.15) is 11.8 Å². The van der Waals surface area contributed by atoms with E-state index in [1.54, 1.807) is 0 Å². The van der Waals surface area contributed by atoms with Gasteiger partial charge in [0.25, 0.3) is 0 Å². The predicted octanol–water partition coefficient (Wildman–Crippen LogP) is 5.77. The van der Waals surface area contributed by atoms with E-state index in [0.29, 0.717) is 0 Å². The SMILES string of the molecule is CSC/C=C(\C)CC/C=C(\C)CCC=C(C)C. The van der Waals surface area contributed by atoms with Gasteiger partial charge in [-0.3, -0.25) is 0 Å². The van der Waals surface area contributed by atoms with Gasteiger partial charge < -0.3 is 0 Å². The number of hydrogen-bond donors (Lipinski definition) is 0. The summed E-state index contributed by atoms with van der Waals surface area (Å²) in [7, 11) is 0. The second-order valence-corrected chi connectivity index (χ2v) is 5.83. The van der Waals surface area contributed by atoms with Crippen LogP contribution in [0, 0.1) is 0 Å². The van der Waals surface area contributed by atoms with Crippen LogP contribution in [-0.2, 0) is 0 Å². The summed E-state index contributed by atoms with van der Waals surface area (Å²) >= 11 is 1.89. The standard InChI is InChI=1S/C16H28S/c1-14(2)8-6-9-15(3)10-7-11-16(4)12-13-17-5/h8,10,12H,6-7,9,11,13H2,1-5H3/b15-10+,16-12+. The molecule has 0 heterocycles. The predicted molar refractivity (Wildman–Crippen MR) is 83.8 cm³/mol. The monoisotopic (exact) mass is 252 g/mol. The van der Waals surface area contributed by atoms with E-state index in [2.05, 4.69) is 52.2 Å². The fourth-order valence-electron chi connectivity index (χ4n) is 1.56. The summed E-state index contributed by atoms with van der Waals surface area (Å²) in [6.45, 7) is 8.82. The largest absolute Gasteiger partial charge is 0.161 e. The average molecular weight is 252 g/mol. The molecular formula is C16H28S. The Hall–Kier alpha value is -0.430. The Morgan fingerprint density at radius 2 is 1.35 bits per heavy atom. The van der Waals surface area contributed by atoms with E-state index in [1.165, 1.54) is 42.4 Å². The number of rotatable bonds is 8. The molecule has 0 nitrogen and oxygen atoms in total. The second kappa shape index (κ2) is 10.7. The zero-order valence-electron chi connectivity index (χ0n) is 12.2. The van der Waals surface area contributed by atoms with Crippen LogP contribution in [0.3, 0.4) is 0 Å². The lowest BCUT2D eigenvalue weighted by molar-refractivity contribution is 0.917. The maximum Gasteiger partial charge on any atom is 0.0113 e. The van der Waals surface area contributed by atoms with Crippen LogP contribution >= 0.6 is 11.8 Å². The maximum atomic E-state index is 2.40. The molecule has 98 valence electrons. The Morgan fingerprint density at radius 1 is 0.824 bits per heavy atom. The molecule has 0 aliphatic carbocycles. The molecule has 0 aliphatic heterocycles. The third-order valence-corrected chi connectivity index (χ3v) is 3.22. The molecule has 0 aromatic carbocycles. The normalized spacial score (nSPS) is 12.8. The zero-order chi connectivity index (χ0) is 13.1. The topological polar surface area (TPSA) is 0 Å². The first-order valence-corrected chi connectivity index (χ1v) is 7.89. The van der Waals surface area contributed by atoms with Gasteiger partial charge in [0.2, 0.25) is 0 Å². The quantitative estimate of drug-likeness (QED) is 0.494. The molecule has 0 fully saturated rings. The second-order valence-electron chi connectivity index (χ2n) is 4.92. The Bertz CT molecular complexity index is 278. The third kappa shape index (κ3) is 11.8. The first-order valence-electron chi connectivity index (χ1n) is 6.49.